The summed E-state index contributed by atoms with van der Waals surface area (Å²) in [6.07, 6.45) is 2.51. The van der Waals surface area contributed by atoms with Crippen LogP contribution >= 0.6 is 0 Å². The van der Waals surface area contributed by atoms with Crippen molar-refractivity contribution in [2.75, 3.05) is 30.3 Å². The molecule has 0 aliphatic rings. The van der Waals surface area contributed by atoms with Gasteiger partial charge in [-0.3, -0.25) is 0 Å². The molecular weight excluding hydrogens is 278 g/mol. The van der Waals surface area contributed by atoms with Crippen molar-refractivity contribution in [1.29, 1.82) is 0 Å². The van der Waals surface area contributed by atoms with E-state index >= 15 is 0 Å². The van der Waals surface area contributed by atoms with Gasteiger partial charge in [-0.05, 0) is 19.8 Å². The molecule has 120 valence electrons. The molecule has 1 aromatic rings. The Morgan fingerprint density at radius 3 is 2.24 bits per heavy atom. The number of hydrogen-bond donors (Lipinski definition) is 3. The molecular formula is C14H24F2N4O. The Morgan fingerprint density at radius 2 is 1.71 bits per heavy atom. The summed E-state index contributed by atoms with van der Waals surface area (Å²) in [6.45, 7) is 4.75. The molecule has 0 unspecified atom stereocenters. The third kappa shape index (κ3) is 5.41. The van der Waals surface area contributed by atoms with Gasteiger partial charge in [-0.15, -0.1) is 0 Å². The van der Waals surface area contributed by atoms with Gasteiger partial charge in [0, 0.05) is 18.5 Å². The molecule has 21 heavy (non-hydrogen) atoms. The number of alkyl halides is 2. The third-order valence-electron chi connectivity index (χ3n) is 2.95. The number of hydrogen-bond acceptors (Lipinski definition) is 5. The van der Waals surface area contributed by atoms with Gasteiger partial charge in [0.05, 0.1) is 6.54 Å². The Balaban J connectivity index is 2.96. The average molecular weight is 302 g/mol. The second-order valence-electron chi connectivity index (χ2n) is 5.01. The Bertz CT molecular complexity index is 455. The monoisotopic (exact) mass is 302 g/mol. The molecule has 0 atom stereocenters. The van der Waals surface area contributed by atoms with Gasteiger partial charge < -0.3 is 15.7 Å². The largest absolute Gasteiger partial charge is 0.390 e. The van der Waals surface area contributed by atoms with Gasteiger partial charge in [-0.2, -0.15) is 0 Å². The van der Waals surface area contributed by atoms with E-state index < -0.39 is 19.1 Å². The minimum Gasteiger partial charge on any atom is -0.390 e. The lowest BCUT2D eigenvalue weighted by molar-refractivity contribution is -0.0373. The molecule has 0 aromatic carbocycles. The Hall–Kier alpha value is -1.50. The van der Waals surface area contributed by atoms with Crippen LogP contribution in [0.3, 0.4) is 0 Å². The van der Waals surface area contributed by atoms with E-state index in [1.807, 2.05) is 13.8 Å². The number of anilines is 2. The molecule has 0 aliphatic heterocycles. The number of aryl methyl sites for hydroxylation is 1. The molecule has 1 aromatic heterocycles. The maximum atomic E-state index is 13.2. The van der Waals surface area contributed by atoms with Gasteiger partial charge in [-0.1, -0.05) is 13.8 Å². The maximum Gasteiger partial charge on any atom is 0.287 e. The standard InChI is InChI=1S/C14H24F2N4O/c1-4-6-11-19-12(17-7-5-2)10(3)13(20-11)18-8-14(15,16)9-21/h21H,4-9H2,1-3H3,(H2,17,18,19,20). The maximum absolute atomic E-state index is 13.2. The number of nitrogens with one attached hydrogen (secondary N) is 2. The minimum absolute atomic E-state index is 0.389. The SMILES string of the molecule is CCCNc1nc(CCC)nc(NCC(F)(F)CO)c1C. The summed E-state index contributed by atoms with van der Waals surface area (Å²) in [5.74, 6) is -1.49. The molecule has 0 fully saturated rings. The van der Waals surface area contributed by atoms with Crippen molar-refractivity contribution in [3.8, 4) is 0 Å². The van der Waals surface area contributed by atoms with Crippen molar-refractivity contribution in [3.63, 3.8) is 0 Å². The van der Waals surface area contributed by atoms with E-state index in [0.29, 0.717) is 29.4 Å². The molecule has 0 bridgehead atoms. The van der Waals surface area contributed by atoms with Crippen molar-refractivity contribution >= 4 is 11.6 Å². The number of aliphatic hydroxyl groups excluding tert-OH is 1. The summed E-state index contributed by atoms with van der Waals surface area (Å²) in [6, 6.07) is 0. The summed E-state index contributed by atoms with van der Waals surface area (Å²) < 4.78 is 26.3. The average Bonchev–Trinajstić information content (AvgIpc) is 2.46. The first-order valence-electron chi connectivity index (χ1n) is 7.27. The molecule has 0 aliphatic carbocycles. The van der Waals surface area contributed by atoms with Gasteiger partial charge in [-0.25, -0.2) is 18.7 Å². The van der Waals surface area contributed by atoms with Crippen LogP contribution in [0.2, 0.25) is 0 Å². The highest BCUT2D eigenvalue weighted by molar-refractivity contribution is 5.57. The lowest BCUT2D eigenvalue weighted by atomic mass is 10.2. The second kappa shape index (κ2) is 8.07. The van der Waals surface area contributed by atoms with Gasteiger partial charge in [0.2, 0.25) is 0 Å². The molecule has 5 nitrogen and oxygen atoms in total. The molecule has 7 heteroatoms. The van der Waals surface area contributed by atoms with E-state index in [2.05, 4.69) is 20.6 Å². The van der Waals surface area contributed by atoms with Crippen molar-refractivity contribution in [2.24, 2.45) is 0 Å². The predicted molar refractivity (Wildman–Crippen MR) is 80.1 cm³/mol. The lowest BCUT2D eigenvalue weighted by Gasteiger charge is -2.18. The van der Waals surface area contributed by atoms with Crippen LogP contribution < -0.4 is 10.6 Å². The van der Waals surface area contributed by atoms with Gasteiger partial charge in [0.25, 0.3) is 5.92 Å². The van der Waals surface area contributed by atoms with Crippen LogP contribution in [0.4, 0.5) is 20.4 Å². The Kier molecular flexibility index (Phi) is 6.74. The van der Waals surface area contributed by atoms with Gasteiger partial charge in [0.15, 0.2) is 0 Å². The lowest BCUT2D eigenvalue weighted by Crippen LogP contribution is -2.31. The summed E-state index contributed by atoms with van der Waals surface area (Å²) >= 11 is 0. The van der Waals surface area contributed by atoms with Crippen LogP contribution in [-0.4, -0.2) is 40.7 Å². The van der Waals surface area contributed by atoms with Crippen LogP contribution in [0.1, 0.15) is 38.1 Å². The predicted octanol–water partition coefficient (Wildman–Crippen LogP) is 2.60. The molecule has 0 radical (unpaired) electrons. The van der Waals surface area contributed by atoms with Crippen LogP contribution in [0.25, 0.3) is 0 Å². The number of halogens is 2. The second-order valence-corrected chi connectivity index (χ2v) is 5.01. The molecule has 1 rings (SSSR count). The van der Waals surface area contributed by atoms with Crippen molar-refractivity contribution < 1.29 is 13.9 Å². The van der Waals surface area contributed by atoms with Crippen LogP contribution in [0, 0.1) is 6.92 Å². The molecule has 3 N–H and O–H groups in total. The number of aromatic nitrogens is 2. The van der Waals surface area contributed by atoms with Crippen LogP contribution in [0.5, 0.6) is 0 Å². The van der Waals surface area contributed by atoms with E-state index in [-0.39, 0.29) is 0 Å². The fourth-order valence-electron chi connectivity index (χ4n) is 1.75. The van der Waals surface area contributed by atoms with E-state index in [9.17, 15) is 8.78 Å². The number of aliphatic hydroxyl groups is 1. The zero-order valence-corrected chi connectivity index (χ0v) is 12.8. The zero-order chi connectivity index (χ0) is 15.9. The normalized spacial score (nSPS) is 11.5. The summed E-state index contributed by atoms with van der Waals surface area (Å²) in [5, 5.41) is 14.4. The summed E-state index contributed by atoms with van der Waals surface area (Å²) in [7, 11) is 0. The zero-order valence-electron chi connectivity index (χ0n) is 12.8. The first-order chi connectivity index (χ1) is 9.93. The van der Waals surface area contributed by atoms with Crippen LogP contribution in [-0.2, 0) is 6.42 Å². The van der Waals surface area contributed by atoms with E-state index in [1.54, 1.807) is 6.92 Å². The van der Waals surface area contributed by atoms with Crippen LogP contribution in [0.15, 0.2) is 0 Å². The topological polar surface area (TPSA) is 70.1 Å². The quantitative estimate of drug-likeness (QED) is 0.654. The fraction of sp³-hybridized carbons (Fsp3) is 0.714. The van der Waals surface area contributed by atoms with Gasteiger partial charge >= 0.3 is 0 Å². The molecule has 0 saturated carbocycles. The summed E-state index contributed by atoms with van der Waals surface area (Å²) in [5.41, 5.74) is 0.706. The minimum atomic E-state index is -3.17. The summed E-state index contributed by atoms with van der Waals surface area (Å²) in [4.78, 5) is 8.72. The first-order valence-corrected chi connectivity index (χ1v) is 7.27. The smallest absolute Gasteiger partial charge is 0.287 e. The van der Waals surface area contributed by atoms with Gasteiger partial charge in [0.1, 0.15) is 24.1 Å². The van der Waals surface area contributed by atoms with E-state index in [0.717, 1.165) is 19.4 Å². The highest BCUT2D eigenvalue weighted by Crippen LogP contribution is 2.22. The molecule has 0 saturated heterocycles. The highest BCUT2D eigenvalue weighted by atomic mass is 19.3. The highest BCUT2D eigenvalue weighted by Gasteiger charge is 2.28. The number of rotatable bonds is 9. The van der Waals surface area contributed by atoms with E-state index in [1.165, 1.54) is 0 Å². The van der Waals surface area contributed by atoms with Crippen molar-refractivity contribution in [3.05, 3.63) is 11.4 Å². The molecule has 1 heterocycles. The third-order valence-corrected chi connectivity index (χ3v) is 2.95. The number of nitrogens with zero attached hydrogens (tertiary/aromatic N) is 2. The fourth-order valence-corrected chi connectivity index (χ4v) is 1.75. The van der Waals surface area contributed by atoms with Crippen molar-refractivity contribution in [2.45, 2.75) is 46.0 Å². The Morgan fingerprint density at radius 1 is 1.10 bits per heavy atom. The van der Waals surface area contributed by atoms with Crippen molar-refractivity contribution in [1.82, 2.24) is 9.97 Å². The first kappa shape index (κ1) is 17.6. The Labute approximate surface area is 124 Å². The van der Waals surface area contributed by atoms with E-state index in [4.69, 9.17) is 5.11 Å². The molecule has 0 amide bonds. The molecule has 0 spiro atoms.